The maximum atomic E-state index is 5.96. The second-order valence-corrected chi connectivity index (χ2v) is 7.22. The van der Waals surface area contributed by atoms with Gasteiger partial charge in [0.05, 0.1) is 30.7 Å². The first-order valence-electron chi connectivity index (χ1n) is 9.61. The quantitative estimate of drug-likeness (QED) is 0.733. The molecule has 2 aliphatic rings. The molecule has 0 saturated carbocycles. The normalized spacial score (nSPS) is 19.5. The van der Waals surface area contributed by atoms with Crippen molar-refractivity contribution in [1.82, 2.24) is 9.97 Å². The minimum Gasteiger partial charge on any atom is -0.488 e. The molecule has 3 heterocycles. The molecule has 2 atom stereocenters. The average Bonchev–Trinajstić information content (AvgIpc) is 3.35. The summed E-state index contributed by atoms with van der Waals surface area (Å²) in [6.07, 6.45) is 2.88. The molecule has 1 saturated heterocycles. The van der Waals surface area contributed by atoms with Gasteiger partial charge in [-0.25, -0.2) is 9.97 Å². The molecule has 0 amide bonds. The first-order valence-corrected chi connectivity index (χ1v) is 9.61. The first-order chi connectivity index (χ1) is 13.7. The fourth-order valence-corrected chi connectivity index (χ4v) is 3.73. The van der Waals surface area contributed by atoms with Crippen LogP contribution in [0, 0.1) is 0 Å². The molecule has 0 bridgehead atoms. The average molecular weight is 382 g/mol. The van der Waals surface area contributed by atoms with Crippen molar-refractivity contribution in [2.24, 2.45) is 4.99 Å². The fraction of sp³-hybridized carbons (Fsp3) is 0.476. The van der Waals surface area contributed by atoms with E-state index in [2.05, 4.69) is 20.9 Å². The summed E-state index contributed by atoms with van der Waals surface area (Å²) in [5.41, 5.74) is 3.99. The first kappa shape index (κ1) is 18.8. The van der Waals surface area contributed by atoms with Crippen molar-refractivity contribution >= 4 is 11.5 Å². The number of anilines is 1. The predicted molar refractivity (Wildman–Crippen MR) is 107 cm³/mol. The third kappa shape index (κ3) is 3.86. The van der Waals surface area contributed by atoms with Crippen LogP contribution in [0.4, 0.5) is 5.82 Å². The van der Waals surface area contributed by atoms with Gasteiger partial charge in [0.2, 0.25) is 0 Å². The second-order valence-electron chi connectivity index (χ2n) is 7.22. The van der Waals surface area contributed by atoms with Crippen LogP contribution in [-0.2, 0) is 16.0 Å². The number of aromatic nitrogens is 2. The van der Waals surface area contributed by atoms with E-state index in [4.69, 9.17) is 19.2 Å². The molecule has 0 N–H and O–H groups in total. The third-order valence-corrected chi connectivity index (χ3v) is 5.18. The Bertz CT molecular complexity index is 870. The van der Waals surface area contributed by atoms with E-state index in [9.17, 15) is 0 Å². The number of aliphatic imine (C=N–C) groups is 1. The summed E-state index contributed by atoms with van der Waals surface area (Å²) >= 11 is 0. The van der Waals surface area contributed by atoms with E-state index in [1.165, 1.54) is 5.56 Å². The highest BCUT2D eigenvalue weighted by molar-refractivity contribution is 6.14. The van der Waals surface area contributed by atoms with E-state index in [0.717, 1.165) is 48.0 Å². The largest absolute Gasteiger partial charge is 0.488 e. The predicted octanol–water partition coefficient (Wildman–Crippen LogP) is 2.47. The Morgan fingerprint density at radius 1 is 1.21 bits per heavy atom. The maximum Gasteiger partial charge on any atom is 0.132 e. The highest BCUT2D eigenvalue weighted by atomic mass is 16.5. The number of hydrogen-bond donors (Lipinski definition) is 0. The summed E-state index contributed by atoms with van der Waals surface area (Å²) in [7, 11) is 3.44. The molecule has 28 heavy (non-hydrogen) atoms. The highest BCUT2D eigenvalue weighted by Gasteiger charge is 2.25. The van der Waals surface area contributed by atoms with Gasteiger partial charge in [0.15, 0.2) is 0 Å². The van der Waals surface area contributed by atoms with E-state index < -0.39 is 0 Å². The molecule has 2 aliphatic heterocycles. The van der Waals surface area contributed by atoms with Gasteiger partial charge < -0.3 is 19.1 Å². The molecule has 1 fully saturated rings. The van der Waals surface area contributed by atoms with Gasteiger partial charge in [0.1, 0.15) is 24.0 Å². The van der Waals surface area contributed by atoms with Crippen LogP contribution in [-0.4, -0.2) is 61.8 Å². The molecule has 7 nitrogen and oxygen atoms in total. The Kier molecular flexibility index (Phi) is 5.54. The lowest BCUT2D eigenvalue weighted by molar-refractivity contribution is 0.0921. The lowest BCUT2D eigenvalue weighted by Crippen LogP contribution is -2.23. The second kappa shape index (κ2) is 8.24. The van der Waals surface area contributed by atoms with E-state index >= 15 is 0 Å². The Morgan fingerprint density at radius 2 is 2.11 bits per heavy atom. The van der Waals surface area contributed by atoms with E-state index in [-0.39, 0.29) is 12.2 Å². The van der Waals surface area contributed by atoms with Crippen molar-refractivity contribution in [3.05, 3.63) is 47.4 Å². The standard InChI is InChI=1S/C21H26N4O3/c1-14(12-26-2)28-16-5-4-15-10-22-21(18(15)8-16)19-9-20(24-13-23-19)25-7-6-17(11-25)27-3/h4-5,8-9,13-14,17H,6-7,10-12H2,1-3H3/t14-,17-/m0/s1. The lowest BCUT2D eigenvalue weighted by Gasteiger charge is -2.17. The zero-order valence-electron chi connectivity index (χ0n) is 16.6. The van der Waals surface area contributed by atoms with Crippen LogP contribution in [0.15, 0.2) is 35.6 Å². The van der Waals surface area contributed by atoms with Crippen molar-refractivity contribution in [2.75, 3.05) is 38.8 Å². The lowest BCUT2D eigenvalue weighted by atomic mass is 10.0. The zero-order chi connectivity index (χ0) is 19.5. The van der Waals surface area contributed by atoms with Crippen LogP contribution >= 0.6 is 0 Å². The van der Waals surface area contributed by atoms with Crippen LogP contribution in [0.2, 0.25) is 0 Å². The van der Waals surface area contributed by atoms with E-state index in [1.54, 1.807) is 20.5 Å². The minimum absolute atomic E-state index is 0.0145. The molecule has 0 unspecified atom stereocenters. The molecule has 2 aromatic rings. The van der Waals surface area contributed by atoms with Crippen LogP contribution in [0.1, 0.15) is 30.2 Å². The molecule has 1 aromatic carbocycles. The summed E-state index contributed by atoms with van der Waals surface area (Å²) < 4.78 is 16.6. The summed E-state index contributed by atoms with van der Waals surface area (Å²) in [6.45, 7) is 4.99. The molecule has 1 aromatic heterocycles. The number of benzene rings is 1. The Labute approximate surface area is 165 Å². The van der Waals surface area contributed by atoms with Gasteiger partial charge >= 0.3 is 0 Å². The van der Waals surface area contributed by atoms with E-state index in [1.807, 2.05) is 25.1 Å². The van der Waals surface area contributed by atoms with Gasteiger partial charge in [0, 0.05) is 38.9 Å². The molecule has 0 aliphatic carbocycles. The van der Waals surface area contributed by atoms with Crippen molar-refractivity contribution in [3.63, 3.8) is 0 Å². The third-order valence-electron chi connectivity index (χ3n) is 5.18. The topological polar surface area (TPSA) is 69.1 Å². The Hall–Kier alpha value is -2.51. The van der Waals surface area contributed by atoms with Gasteiger partial charge in [-0.1, -0.05) is 6.07 Å². The van der Waals surface area contributed by atoms with Gasteiger partial charge in [-0.3, -0.25) is 4.99 Å². The van der Waals surface area contributed by atoms with Crippen LogP contribution in [0.3, 0.4) is 0 Å². The summed E-state index contributed by atoms with van der Waals surface area (Å²) in [4.78, 5) is 15.9. The van der Waals surface area contributed by atoms with Crippen molar-refractivity contribution in [3.8, 4) is 5.75 Å². The number of methoxy groups -OCH3 is 2. The monoisotopic (exact) mass is 382 g/mol. The van der Waals surface area contributed by atoms with Gasteiger partial charge in [-0.15, -0.1) is 0 Å². The van der Waals surface area contributed by atoms with Crippen molar-refractivity contribution < 1.29 is 14.2 Å². The number of nitrogens with zero attached hydrogens (tertiary/aromatic N) is 4. The van der Waals surface area contributed by atoms with Gasteiger partial charge in [-0.2, -0.15) is 0 Å². The maximum absolute atomic E-state index is 5.96. The van der Waals surface area contributed by atoms with E-state index in [0.29, 0.717) is 13.2 Å². The Balaban J connectivity index is 1.56. The van der Waals surface area contributed by atoms with Gasteiger partial charge in [-0.05, 0) is 31.0 Å². The molecule has 4 rings (SSSR count). The molecular formula is C21H26N4O3. The molecule has 0 spiro atoms. The fourth-order valence-electron chi connectivity index (χ4n) is 3.73. The SMILES string of the molecule is COC[C@H](C)Oc1ccc2c(c1)C(c1cc(N3CC[C@H](OC)C3)ncn1)=NC2. The molecule has 148 valence electrons. The summed E-state index contributed by atoms with van der Waals surface area (Å²) in [5.74, 6) is 1.73. The summed E-state index contributed by atoms with van der Waals surface area (Å²) in [6, 6.07) is 8.13. The Morgan fingerprint density at radius 3 is 2.89 bits per heavy atom. The number of fused-ring (bicyclic) bond motifs is 1. The minimum atomic E-state index is -0.0145. The van der Waals surface area contributed by atoms with Crippen LogP contribution in [0.25, 0.3) is 0 Å². The number of rotatable bonds is 7. The molecular weight excluding hydrogens is 356 g/mol. The number of ether oxygens (including phenoxy) is 3. The van der Waals surface area contributed by atoms with Gasteiger partial charge in [0.25, 0.3) is 0 Å². The highest BCUT2D eigenvalue weighted by Crippen LogP contribution is 2.28. The van der Waals surface area contributed by atoms with Crippen LogP contribution < -0.4 is 9.64 Å². The smallest absolute Gasteiger partial charge is 0.132 e. The van der Waals surface area contributed by atoms with Crippen molar-refractivity contribution in [1.29, 1.82) is 0 Å². The molecule has 0 radical (unpaired) electrons. The van der Waals surface area contributed by atoms with Crippen LogP contribution in [0.5, 0.6) is 5.75 Å². The van der Waals surface area contributed by atoms with Crippen molar-refractivity contribution in [2.45, 2.75) is 32.1 Å². The summed E-state index contributed by atoms with van der Waals surface area (Å²) in [5, 5.41) is 0. The molecule has 7 heteroatoms. The number of hydrogen-bond acceptors (Lipinski definition) is 7. The zero-order valence-corrected chi connectivity index (χ0v) is 16.6.